The monoisotopic (exact) mass is 397 g/mol. The summed E-state index contributed by atoms with van der Waals surface area (Å²) in [5.41, 5.74) is 2.00. The van der Waals surface area contributed by atoms with Gasteiger partial charge in [-0.05, 0) is 48.6 Å². The molecule has 2 saturated heterocycles. The van der Waals surface area contributed by atoms with Gasteiger partial charge in [-0.25, -0.2) is 0 Å². The van der Waals surface area contributed by atoms with Crippen molar-refractivity contribution in [2.45, 2.75) is 24.1 Å². The van der Waals surface area contributed by atoms with Crippen LogP contribution >= 0.6 is 11.8 Å². The van der Waals surface area contributed by atoms with E-state index in [2.05, 4.69) is 16.7 Å². The lowest BCUT2D eigenvalue weighted by molar-refractivity contribution is 0.136. The van der Waals surface area contributed by atoms with Crippen molar-refractivity contribution in [2.24, 2.45) is 17.0 Å². The summed E-state index contributed by atoms with van der Waals surface area (Å²) < 4.78 is 5.39. The topological polar surface area (TPSA) is 71.9 Å². The van der Waals surface area contributed by atoms with E-state index in [0.29, 0.717) is 12.5 Å². The van der Waals surface area contributed by atoms with Crippen molar-refractivity contribution in [1.29, 1.82) is 0 Å². The molecule has 1 amide bonds. The summed E-state index contributed by atoms with van der Waals surface area (Å²) in [6, 6.07) is 7.95. The molecule has 2 fully saturated rings. The van der Waals surface area contributed by atoms with Gasteiger partial charge in [0.1, 0.15) is 5.75 Å². The first kappa shape index (κ1) is 18.9. The van der Waals surface area contributed by atoms with E-state index in [1.165, 1.54) is 11.8 Å². The number of nitrogens with zero attached hydrogens (tertiary/aromatic N) is 3. The Morgan fingerprint density at radius 3 is 3.07 bits per heavy atom. The third-order valence-electron chi connectivity index (χ3n) is 5.98. The Bertz CT molecular complexity index is 919. The van der Waals surface area contributed by atoms with Gasteiger partial charge in [-0.2, -0.15) is 4.91 Å². The van der Waals surface area contributed by atoms with E-state index in [4.69, 9.17) is 4.74 Å². The number of carbonyl (C=O) groups excluding carboxylic acids is 1. The summed E-state index contributed by atoms with van der Waals surface area (Å²) in [5, 5.41) is 4.27. The molecule has 2 aliphatic heterocycles. The lowest BCUT2D eigenvalue weighted by atomic mass is 9.79. The molecule has 0 N–H and O–H groups in total. The third-order valence-corrected chi connectivity index (χ3v) is 7.24. The molecule has 4 atom stereocenters. The highest BCUT2D eigenvalue weighted by Gasteiger charge is 2.46. The van der Waals surface area contributed by atoms with Gasteiger partial charge in [-0.3, -0.25) is 9.78 Å². The molecule has 0 radical (unpaired) electrons. The van der Waals surface area contributed by atoms with Crippen LogP contribution in [0, 0.1) is 16.7 Å². The molecule has 2 aromatic rings. The number of benzene rings is 1. The van der Waals surface area contributed by atoms with Crippen LogP contribution in [-0.2, 0) is 0 Å². The first-order chi connectivity index (χ1) is 13.7. The highest BCUT2D eigenvalue weighted by molar-refractivity contribution is 8.14. The molecule has 7 heteroatoms. The second-order valence-electron chi connectivity index (χ2n) is 7.34. The summed E-state index contributed by atoms with van der Waals surface area (Å²) in [6.45, 7) is 4.85. The Balaban J connectivity index is 1.70. The largest absolute Gasteiger partial charge is 0.497 e. The molecule has 1 aromatic heterocycles. The zero-order valence-corrected chi connectivity index (χ0v) is 16.6. The molecule has 6 nitrogen and oxygen atoms in total. The van der Waals surface area contributed by atoms with Crippen molar-refractivity contribution in [2.75, 3.05) is 20.2 Å². The van der Waals surface area contributed by atoms with Gasteiger partial charge < -0.3 is 9.64 Å². The summed E-state index contributed by atoms with van der Waals surface area (Å²) in [5.74, 6) is 1.15. The molecule has 2 aliphatic rings. The summed E-state index contributed by atoms with van der Waals surface area (Å²) in [4.78, 5) is 29.9. The van der Waals surface area contributed by atoms with Crippen LogP contribution < -0.4 is 4.74 Å². The average molecular weight is 398 g/mol. The van der Waals surface area contributed by atoms with Crippen LogP contribution in [0.4, 0.5) is 4.79 Å². The zero-order chi connectivity index (χ0) is 19.7. The maximum Gasteiger partial charge on any atom is 0.282 e. The molecule has 3 heterocycles. The fourth-order valence-electron chi connectivity index (χ4n) is 4.48. The number of amides is 1. The second-order valence-corrected chi connectivity index (χ2v) is 8.44. The Kier molecular flexibility index (Phi) is 5.35. The molecular formula is C21H23N3O3S. The van der Waals surface area contributed by atoms with Crippen molar-refractivity contribution in [1.82, 2.24) is 9.88 Å². The van der Waals surface area contributed by atoms with E-state index in [-0.39, 0.29) is 29.0 Å². The lowest BCUT2D eigenvalue weighted by Crippen LogP contribution is -2.43. The Labute approximate surface area is 168 Å². The molecular weight excluding hydrogens is 374 g/mol. The third kappa shape index (κ3) is 3.28. The number of methoxy groups -OCH3 is 1. The van der Waals surface area contributed by atoms with Crippen molar-refractivity contribution >= 4 is 27.9 Å². The molecule has 28 heavy (non-hydrogen) atoms. The maximum atomic E-state index is 12.7. The Morgan fingerprint density at radius 2 is 2.32 bits per heavy atom. The van der Waals surface area contributed by atoms with Crippen LogP contribution in [0.5, 0.6) is 5.75 Å². The molecule has 0 saturated carbocycles. The number of hydrogen-bond acceptors (Lipinski definition) is 6. The highest BCUT2D eigenvalue weighted by Crippen LogP contribution is 2.50. The zero-order valence-electron chi connectivity index (χ0n) is 15.8. The number of ether oxygens (including phenoxy) is 1. The minimum Gasteiger partial charge on any atom is -0.497 e. The molecule has 0 bridgehead atoms. The fraction of sp³-hybridized carbons (Fsp3) is 0.429. The number of piperidine rings is 1. The van der Waals surface area contributed by atoms with E-state index in [1.807, 2.05) is 35.2 Å². The van der Waals surface area contributed by atoms with Gasteiger partial charge in [0.25, 0.3) is 5.24 Å². The number of rotatable bonds is 6. The average Bonchev–Trinajstić information content (AvgIpc) is 3.06. The number of hydrogen-bond donors (Lipinski definition) is 0. The second kappa shape index (κ2) is 7.91. The minimum absolute atomic E-state index is 0.0301. The van der Waals surface area contributed by atoms with Gasteiger partial charge in [-0.1, -0.05) is 23.0 Å². The number of fused-ring (bicyclic) bond motifs is 2. The number of pyridine rings is 1. The molecule has 1 aromatic carbocycles. The smallest absolute Gasteiger partial charge is 0.282 e. The minimum atomic E-state index is 0.0301. The van der Waals surface area contributed by atoms with Gasteiger partial charge in [-0.15, -0.1) is 6.58 Å². The summed E-state index contributed by atoms with van der Waals surface area (Å²) >= 11 is 1.39. The molecule has 0 unspecified atom stereocenters. The first-order valence-electron chi connectivity index (χ1n) is 9.47. The number of thioether (sulfide) groups is 1. The molecule has 4 rings (SSSR count). The summed E-state index contributed by atoms with van der Waals surface area (Å²) in [7, 11) is 1.65. The van der Waals surface area contributed by atoms with Crippen LogP contribution in [0.1, 0.15) is 23.7 Å². The van der Waals surface area contributed by atoms with Gasteiger partial charge in [0, 0.05) is 30.1 Å². The number of carbonyl (C=O) groups is 1. The SMILES string of the molecule is C=C[C@@H](CN=O)[C@H]1CCN2C(=O)S[C@@H](c3ccnc4ccc(OC)cc34)[C@@H]2C1. The molecule has 0 spiro atoms. The van der Waals surface area contributed by atoms with Crippen molar-refractivity contribution in [3.63, 3.8) is 0 Å². The van der Waals surface area contributed by atoms with E-state index in [0.717, 1.165) is 35.1 Å². The van der Waals surface area contributed by atoms with Crippen molar-refractivity contribution < 1.29 is 9.53 Å². The van der Waals surface area contributed by atoms with Crippen molar-refractivity contribution in [3.8, 4) is 5.75 Å². The predicted molar refractivity (Wildman–Crippen MR) is 112 cm³/mol. The number of aromatic nitrogens is 1. The van der Waals surface area contributed by atoms with Crippen LogP contribution in [0.3, 0.4) is 0 Å². The maximum absolute atomic E-state index is 12.7. The van der Waals surface area contributed by atoms with Crippen LogP contribution in [0.15, 0.2) is 48.3 Å². The first-order valence-corrected chi connectivity index (χ1v) is 10.4. The lowest BCUT2D eigenvalue weighted by Gasteiger charge is -2.38. The normalized spacial score (nSPS) is 25.4. The highest BCUT2D eigenvalue weighted by atomic mass is 32.2. The summed E-state index contributed by atoms with van der Waals surface area (Å²) in [6.07, 6.45) is 5.38. The van der Waals surface area contributed by atoms with Gasteiger partial charge in [0.15, 0.2) is 0 Å². The fourth-order valence-corrected chi connectivity index (χ4v) is 5.80. The van der Waals surface area contributed by atoms with Crippen LogP contribution in [0.25, 0.3) is 10.9 Å². The van der Waals surface area contributed by atoms with E-state index in [1.54, 1.807) is 13.3 Å². The van der Waals surface area contributed by atoms with Crippen molar-refractivity contribution in [3.05, 3.63) is 53.6 Å². The van der Waals surface area contributed by atoms with Gasteiger partial charge in [0.05, 0.1) is 24.4 Å². The van der Waals surface area contributed by atoms with E-state index < -0.39 is 0 Å². The quantitative estimate of drug-likeness (QED) is 0.517. The van der Waals surface area contributed by atoms with E-state index >= 15 is 0 Å². The molecule has 146 valence electrons. The standard InChI is InChI=1S/C21H23N3O3S/c1-3-13(12-23-26)14-7-9-24-19(10-14)20(28-21(24)25)16-6-8-22-18-5-4-15(27-2)11-17(16)18/h3-6,8,11,13-14,19-20H,1,7,9-10,12H2,2H3/t13-,14-,19-,20-/m0/s1. The Morgan fingerprint density at radius 1 is 1.46 bits per heavy atom. The van der Waals surface area contributed by atoms with Gasteiger partial charge >= 0.3 is 0 Å². The molecule has 0 aliphatic carbocycles. The van der Waals surface area contributed by atoms with Gasteiger partial charge in [0.2, 0.25) is 0 Å². The number of nitroso groups, excluding NO2 is 1. The van der Waals surface area contributed by atoms with Crippen LogP contribution in [0.2, 0.25) is 0 Å². The van der Waals surface area contributed by atoms with E-state index in [9.17, 15) is 9.70 Å². The Hall–Kier alpha value is -2.41. The van der Waals surface area contributed by atoms with Crippen LogP contribution in [-0.4, -0.2) is 41.4 Å². The predicted octanol–water partition coefficient (Wildman–Crippen LogP) is 4.80.